The Kier molecular flexibility index (Phi) is 6.93. The van der Waals surface area contributed by atoms with Crippen LogP contribution >= 0.6 is 11.8 Å². The van der Waals surface area contributed by atoms with Gasteiger partial charge in [0, 0.05) is 18.3 Å². The van der Waals surface area contributed by atoms with Crippen molar-refractivity contribution in [2.45, 2.75) is 58.9 Å². The summed E-state index contributed by atoms with van der Waals surface area (Å²) in [6, 6.07) is 0.652. The first-order chi connectivity index (χ1) is 7.80. The molecule has 1 saturated heterocycles. The number of aliphatic imine (C=N–C) groups is 1. The van der Waals surface area contributed by atoms with E-state index in [0.29, 0.717) is 6.04 Å². The van der Waals surface area contributed by atoms with Gasteiger partial charge in [-0.25, -0.2) is 0 Å². The maximum atomic E-state index is 4.71. The fourth-order valence-corrected chi connectivity index (χ4v) is 2.97. The average molecular weight is 242 g/mol. The van der Waals surface area contributed by atoms with Crippen LogP contribution in [0.3, 0.4) is 0 Å². The first-order valence-corrected chi connectivity index (χ1v) is 7.72. The van der Waals surface area contributed by atoms with Gasteiger partial charge in [0.2, 0.25) is 0 Å². The lowest BCUT2D eigenvalue weighted by Gasteiger charge is -2.12. The molecule has 1 aliphatic heterocycles. The maximum absolute atomic E-state index is 4.71. The number of rotatable bonds is 7. The summed E-state index contributed by atoms with van der Waals surface area (Å²) in [7, 11) is 0. The van der Waals surface area contributed by atoms with E-state index < -0.39 is 0 Å². The quantitative estimate of drug-likeness (QED) is 0.736. The number of thioether (sulfide) groups is 1. The Labute approximate surface area is 105 Å². The molecule has 1 fully saturated rings. The fourth-order valence-electron chi connectivity index (χ4n) is 1.88. The Balaban J connectivity index is 2.28. The van der Waals surface area contributed by atoms with Crippen molar-refractivity contribution >= 4 is 16.9 Å². The van der Waals surface area contributed by atoms with Crippen LogP contribution in [0.15, 0.2) is 4.99 Å². The SMILES string of the molecule is CCCCC(CC)CN=C1NC(CC)CS1. The summed E-state index contributed by atoms with van der Waals surface area (Å²) in [5.74, 6) is 1.98. The maximum Gasteiger partial charge on any atom is 0.156 e. The van der Waals surface area contributed by atoms with Crippen LogP contribution in [-0.2, 0) is 0 Å². The lowest BCUT2D eigenvalue weighted by atomic mass is 10.00. The molecule has 0 amide bonds. The summed E-state index contributed by atoms with van der Waals surface area (Å²) in [6.45, 7) is 7.79. The average Bonchev–Trinajstić information content (AvgIpc) is 2.77. The number of amidine groups is 1. The van der Waals surface area contributed by atoms with Crippen LogP contribution < -0.4 is 5.32 Å². The van der Waals surface area contributed by atoms with Crippen LogP contribution in [0, 0.1) is 5.92 Å². The summed E-state index contributed by atoms with van der Waals surface area (Å²) in [5.41, 5.74) is 0. The van der Waals surface area contributed by atoms with Crippen molar-refractivity contribution in [1.82, 2.24) is 5.32 Å². The molecule has 1 rings (SSSR count). The molecule has 2 unspecified atom stereocenters. The molecule has 0 aromatic rings. The van der Waals surface area contributed by atoms with Gasteiger partial charge in [-0.2, -0.15) is 0 Å². The van der Waals surface area contributed by atoms with E-state index in [9.17, 15) is 0 Å². The van der Waals surface area contributed by atoms with E-state index in [4.69, 9.17) is 4.99 Å². The topological polar surface area (TPSA) is 24.4 Å². The van der Waals surface area contributed by atoms with E-state index in [0.717, 1.165) is 12.5 Å². The van der Waals surface area contributed by atoms with Gasteiger partial charge in [0.15, 0.2) is 5.17 Å². The zero-order valence-electron chi connectivity index (χ0n) is 11.0. The third-order valence-electron chi connectivity index (χ3n) is 3.28. The molecule has 0 aromatic carbocycles. The Bertz CT molecular complexity index is 216. The zero-order chi connectivity index (χ0) is 11.8. The molecule has 3 heteroatoms. The Morgan fingerprint density at radius 3 is 2.81 bits per heavy atom. The van der Waals surface area contributed by atoms with Crippen LogP contribution in [0.5, 0.6) is 0 Å². The van der Waals surface area contributed by atoms with E-state index in [1.807, 2.05) is 11.8 Å². The highest BCUT2D eigenvalue weighted by Crippen LogP contribution is 2.18. The van der Waals surface area contributed by atoms with Gasteiger partial charge in [-0.05, 0) is 18.8 Å². The summed E-state index contributed by atoms with van der Waals surface area (Å²) in [5, 5.41) is 4.67. The van der Waals surface area contributed by atoms with Crippen LogP contribution in [0.25, 0.3) is 0 Å². The summed E-state index contributed by atoms with van der Waals surface area (Å²) in [4.78, 5) is 4.71. The Morgan fingerprint density at radius 2 is 2.25 bits per heavy atom. The number of hydrogen-bond acceptors (Lipinski definition) is 2. The second kappa shape index (κ2) is 7.99. The Hall–Kier alpha value is -0.180. The summed E-state index contributed by atoms with van der Waals surface area (Å²) in [6.07, 6.45) is 6.46. The van der Waals surface area contributed by atoms with Gasteiger partial charge in [0.1, 0.15) is 0 Å². The lowest BCUT2D eigenvalue weighted by molar-refractivity contribution is 0.462. The molecular formula is C13H26N2S. The van der Waals surface area contributed by atoms with Crippen LogP contribution in [0.2, 0.25) is 0 Å². The molecule has 1 aliphatic rings. The number of hydrogen-bond donors (Lipinski definition) is 1. The van der Waals surface area contributed by atoms with Crippen molar-refractivity contribution in [3.8, 4) is 0 Å². The number of nitrogens with zero attached hydrogens (tertiary/aromatic N) is 1. The van der Waals surface area contributed by atoms with Gasteiger partial charge in [-0.1, -0.05) is 51.8 Å². The van der Waals surface area contributed by atoms with Gasteiger partial charge in [0.25, 0.3) is 0 Å². The fraction of sp³-hybridized carbons (Fsp3) is 0.923. The zero-order valence-corrected chi connectivity index (χ0v) is 11.8. The van der Waals surface area contributed by atoms with E-state index in [2.05, 4.69) is 26.1 Å². The number of unbranched alkanes of at least 4 members (excludes halogenated alkanes) is 1. The molecule has 0 aromatic heterocycles. The monoisotopic (exact) mass is 242 g/mol. The van der Waals surface area contributed by atoms with E-state index >= 15 is 0 Å². The second-order valence-corrected chi connectivity index (χ2v) is 5.63. The first-order valence-electron chi connectivity index (χ1n) is 6.73. The molecule has 1 heterocycles. The molecule has 16 heavy (non-hydrogen) atoms. The highest BCUT2D eigenvalue weighted by Gasteiger charge is 2.18. The minimum atomic E-state index is 0.652. The predicted molar refractivity (Wildman–Crippen MR) is 75.3 cm³/mol. The van der Waals surface area contributed by atoms with Gasteiger partial charge in [-0.15, -0.1) is 0 Å². The third kappa shape index (κ3) is 4.77. The van der Waals surface area contributed by atoms with Crippen molar-refractivity contribution in [3.63, 3.8) is 0 Å². The largest absolute Gasteiger partial charge is 0.361 e. The molecule has 1 N–H and O–H groups in total. The minimum Gasteiger partial charge on any atom is -0.361 e. The van der Waals surface area contributed by atoms with Gasteiger partial charge >= 0.3 is 0 Å². The van der Waals surface area contributed by atoms with Crippen molar-refractivity contribution in [2.24, 2.45) is 10.9 Å². The molecule has 0 spiro atoms. The minimum absolute atomic E-state index is 0.652. The highest BCUT2D eigenvalue weighted by atomic mass is 32.2. The summed E-state index contributed by atoms with van der Waals surface area (Å²) < 4.78 is 0. The van der Waals surface area contributed by atoms with E-state index in [-0.39, 0.29) is 0 Å². The number of nitrogens with one attached hydrogen (secondary N) is 1. The second-order valence-electron chi connectivity index (χ2n) is 4.62. The Morgan fingerprint density at radius 1 is 1.44 bits per heavy atom. The molecule has 94 valence electrons. The first kappa shape index (κ1) is 13.9. The molecule has 2 nitrogen and oxygen atoms in total. The van der Waals surface area contributed by atoms with E-state index in [1.165, 1.54) is 43.0 Å². The normalized spacial score (nSPS) is 24.7. The molecule has 0 bridgehead atoms. The third-order valence-corrected chi connectivity index (χ3v) is 4.37. The molecule has 2 atom stereocenters. The lowest BCUT2D eigenvalue weighted by Crippen LogP contribution is -2.26. The van der Waals surface area contributed by atoms with Crippen LogP contribution in [-0.4, -0.2) is 23.5 Å². The van der Waals surface area contributed by atoms with Crippen molar-refractivity contribution in [1.29, 1.82) is 0 Å². The summed E-state index contributed by atoms with van der Waals surface area (Å²) >= 11 is 1.89. The van der Waals surface area contributed by atoms with Crippen molar-refractivity contribution < 1.29 is 0 Å². The molecule has 0 radical (unpaired) electrons. The molecular weight excluding hydrogens is 216 g/mol. The smallest absolute Gasteiger partial charge is 0.156 e. The van der Waals surface area contributed by atoms with Crippen molar-refractivity contribution in [3.05, 3.63) is 0 Å². The predicted octanol–water partition coefficient (Wildman–Crippen LogP) is 3.67. The highest BCUT2D eigenvalue weighted by molar-refractivity contribution is 8.14. The van der Waals surface area contributed by atoms with Gasteiger partial charge in [-0.3, -0.25) is 4.99 Å². The molecule has 0 saturated carbocycles. The van der Waals surface area contributed by atoms with Crippen LogP contribution in [0.1, 0.15) is 52.9 Å². The van der Waals surface area contributed by atoms with Crippen LogP contribution in [0.4, 0.5) is 0 Å². The van der Waals surface area contributed by atoms with Crippen molar-refractivity contribution in [2.75, 3.05) is 12.3 Å². The van der Waals surface area contributed by atoms with E-state index in [1.54, 1.807) is 0 Å². The van der Waals surface area contributed by atoms with Gasteiger partial charge < -0.3 is 5.32 Å². The standard InChI is InChI=1S/C13H26N2S/c1-4-7-8-11(5-2)9-14-13-15-12(6-3)10-16-13/h11-12H,4-10H2,1-3H3,(H,14,15). The molecule has 0 aliphatic carbocycles. The van der Waals surface area contributed by atoms with Gasteiger partial charge in [0.05, 0.1) is 0 Å².